The fourth-order valence-electron chi connectivity index (χ4n) is 1.33. The Morgan fingerprint density at radius 2 is 1.92 bits per heavy atom. The normalized spacial score (nSPS) is 12.5. The molecule has 0 unspecified atom stereocenters. The minimum absolute atomic E-state index is 0.499. The molecule has 0 aliphatic carbocycles. The monoisotopic (exact) mass is 187 g/mol. The van der Waals surface area contributed by atoms with Crippen LogP contribution < -0.4 is 0 Å². The summed E-state index contributed by atoms with van der Waals surface area (Å²) in [6.45, 7) is 11.3. The number of carbonyl (C=O) groups is 1. The molecule has 0 aromatic rings. The van der Waals surface area contributed by atoms with E-state index < -0.39 is 11.5 Å². The first-order valence-electron chi connectivity index (χ1n) is 4.80. The van der Waals surface area contributed by atoms with Crippen molar-refractivity contribution in [3.8, 4) is 0 Å². The molecule has 0 saturated heterocycles. The number of aliphatic carboxylic acids is 1. The van der Waals surface area contributed by atoms with E-state index in [4.69, 9.17) is 5.11 Å². The van der Waals surface area contributed by atoms with E-state index >= 15 is 0 Å². The van der Waals surface area contributed by atoms with Crippen molar-refractivity contribution >= 4 is 5.97 Å². The van der Waals surface area contributed by atoms with Crippen LogP contribution in [0.4, 0.5) is 0 Å². The molecule has 0 spiro atoms. The Balaban J connectivity index is 4.46. The molecule has 0 aliphatic heterocycles. The summed E-state index contributed by atoms with van der Waals surface area (Å²) in [5.74, 6) is -0.256. The van der Waals surface area contributed by atoms with Gasteiger partial charge in [0.15, 0.2) is 0 Å². The predicted octanol–water partition coefficient (Wildman–Crippen LogP) is 1.83. The number of nitrogens with zero attached hydrogens (tertiary/aromatic N) is 1. The van der Waals surface area contributed by atoms with Gasteiger partial charge in [-0.15, -0.1) is 0 Å². The van der Waals surface area contributed by atoms with Crippen molar-refractivity contribution in [3.63, 3.8) is 0 Å². The lowest BCUT2D eigenvalue weighted by molar-refractivity contribution is -0.149. The summed E-state index contributed by atoms with van der Waals surface area (Å²) in [6, 6.07) is 0. The lowest BCUT2D eigenvalue weighted by Gasteiger charge is -2.35. The third kappa shape index (κ3) is 3.35. The summed E-state index contributed by atoms with van der Waals surface area (Å²) in [5, 5.41) is 9.01. The van der Waals surface area contributed by atoms with Crippen LogP contribution in [0.25, 0.3) is 0 Å². The van der Waals surface area contributed by atoms with E-state index in [1.807, 2.05) is 11.8 Å². The van der Waals surface area contributed by atoms with Crippen molar-refractivity contribution in [3.05, 3.63) is 0 Å². The molecule has 0 heterocycles. The highest BCUT2D eigenvalue weighted by atomic mass is 16.4. The zero-order valence-corrected chi connectivity index (χ0v) is 9.29. The summed E-state index contributed by atoms with van der Waals surface area (Å²) >= 11 is 0. The largest absolute Gasteiger partial charge is 0.480 e. The molecule has 0 bridgehead atoms. The van der Waals surface area contributed by atoms with Crippen LogP contribution in [0.5, 0.6) is 0 Å². The van der Waals surface area contributed by atoms with Crippen molar-refractivity contribution < 1.29 is 9.90 Å². The second-order valence-electron chi connectivity index (χ2n) is 4.30. The van der Waals surface area contributed by atoms with E-state index in [1.165, 1.54) is 0 Å². The molecule has 0 aromatic heterocycles. The van der Waals surface area contributed by atoms with Crippen LogP contribution in [0.15, 0.2) is 0 Å². The van der Waals surface area contributed by atoms with Crippen molar-refractivity contribution in [2.75, 3.05) is 13.1 Å². The number of hydrogen-bond acceptors (Lipinski definition) is 2. The van der Waals surface area contributed by atoms with Gasteiger partial charge in [-0.1, -0.05) is 20.8 Å². The average Bonchev–Trinajstić information content (AvgIpc) is 1.99. The van der Waals surface area contributed by atoms with Gasteiger partial charge in [0.2, 0.25) is 0 Å². The molecule has 0 aromatic carbocycles. The van der Waals surface area contributed by atoms with Gasteiger partial charge in [0.25, 0.3) is 0 Å². The quantitative estimate of drug-likeness (QED) is 0.713. The summed E-state index contributed by atoms with van der Waals surface area (Å²) in [5.41, 5.74) is -0.751. The third-order valence-electron chi connectivity index (χ3n) is 2.28. The van der Waals surface area contributed by atoms with Crippen molar-refractivity contribution in [1.29, 1.82) is 0 Å². The van der Waals surface area contributed by atoms with Crippen LogP contribution in [0.2, 0.25) is 0 Å². The van der Waals surface area contributed by atoms with E-state index in [0.29, 0.717) is 5.92 Å². The summed E-state index contributed by atoms with van der Waals surface area (Å²) in [4.78, 5) is 12.9. The Kier molecular flexibility index (Phi) is 4.40. The Labute approximate surface area is 80.7 Å². The highest BCUT2D eigenvalue weighted by Gasteiger charge is 2.33. The second-order valence-corrected chi connectivity index (χ2v) is 4.30. The van der Waals surface area contributed by atoms with Gasteiger partial charge >= 0.3 is 5.97 Å². The molecule has 0 amide bonds. The van der Waals surface area contributed by atoms with Gasteiger partial charge < -0.3 is 5.11 Å². The fourth-order valence-corrected chi connectivity index (χ4v) is 1.33. The van der Waals surface area contributed by atoms with Gasteiger partial charge in [-0.3, -0.25) is 9.69 Å². The van der Waals surface area contributed by atoms with E-state index in [2.05, 4.69) is 13.8 Å². The summed E-state index contributed by atoms with van der Waals surface area (Å²) in [7, 11) is 0. The predicted molar refractivity (Wildman–Crippen MR) is 53.8 cm³/mol. The van der Waals surface area contributed by atoms with Crippen molar-refractivity contribution in [1.82, 2.24) is 4.90 Å². The second kappa shape index (κ2) is 4.61. The van der Waals surface area contributed by atoms with E-state index in [0.717, 1.165) is 13.1 Å². The van der Waals surface area contributed by atoms with E-state index in [9.17, 15) is 4.79 Å². The molecule has 78 valence electrons. The molecule has 0 saturated carbocycles. The number of carboxylic acids is 1. The fraction of sp³-hybridized carbons (Fsp3) is 0.900. The number of carboxylic acid groups (broad SMARTS) is 1. The zero-order valence-electron chi connectivity index (χ0n) is 9.29. The van der Waals surface area contributed by atoms with Gasteiger partial charge in [0.1, 0.15) is 5.54 Å². The van der Waals surface area contributed by atoms with Crippen LogP contribution in [0, 0.1) is 5.92 Å². The Morgan fingerprint density at radius 3 is 2.15 bits per heavy atom. The highest BCUT2D eigenvalue weighted by molar-refractivity contribution is 5.77. The third-order valence-corrected chi connectivity index (χ3v) is 2.28. The topological polar surface area (TPSA) is 40.5 Å². The van der Waals surface area contributed by atoms with Crippen molar-refractivity contribution in [2.45, 2.75) is 40.2 Å². The Bertz CT molecular complexity index is 176. The maximum Gasteiger partial charge on any atom is 0.323 e. The highest BCUT2D eigenvalue weighted by Crippen LogP contribution is 2.15. The summed E-state index contributed by atoms with van der Waals surface area (Å²) < 4.78 is 0. The first-order valence-corrected chi connectivity index (χ1v) is 4.80. The SMILES string of the molecule is CCN(CC(C)C)C(C)(C)C(=O)O. The summed E-state index contributed by atoms with van der Waals surface area (Å²) in [6.07, 6.45) is 0. The van der Waals surface area contributed by atoms with Crippen LogP contribution >= 0.6 is 0 Å². The molecule has 3 nitrogen and oxygen atoms in total. The first-order chi connectivity index (χ1) is 5.82. The molecule has 3 heteroatoms. The van der Waals surface area contributed by atoms with Gasteiger partial charge in [0, 0.05) is 6.54 Å². The molecule has 0 radical (unpaired) electrons. The molecule has 13 heavy (non-hydrogen) atoms. The maximum absolute atomic E-state index is 11.0. The van der Waals surface area contributed by atoms with E-state index in [-0.39, 0.29) is 0 Å². The van der Waals surface area contributed by atoms with Gasteiger partial charge in [0.05, 0.1) is 0 Å². The minimum Gasteiger partial charge on any atom is -0.480 e. The van der Waals surface area contributed by atoms with Crippen molar-refractivity contribution in [2.24, 2.45) is 5.92 Å². The molecule has 0 atom stereocenters. The number of hydrogen-bond donors (Lipinski definition) is 1. The van der Waals surface area contributed by atoms with Crippen LogP contribution in [-0.4, -0.2) is 34.6 Å². The lowest BCUT2D eigenvalue weighted by atomic mass is 10.0. The Hall–Kier alpha value is -0.570. The van der Waals surface area contributed by atoms with Gasteiger partial charge in [-0.2, -0.15) is 0 Å². The minimum atomic E-state index is -0.755. The average molecular weight is 187 g/mol. The lowest BCUT2D eigenvalue weighted by Crippen LogP contribution is -2.51. The molecular formula is C10H21NO2. The van der Waals surface area contributed by atoms with E-state index in [1.54, 1.807) is 13.8 Å². The first kappa shape index (κ1) is 12.4. The molecule has 0 fully saturated rings. The smallest absolute Gasteiger partial charge is 0.323 e. The molecule has 0 aliphatic rings. The van der Waals surface area contributed by atoms with Crippen LogP contribution in [0.3, 0.4) is 0 Å². The number of likely N-dealkylation sites (N-methyl/N-ethyl adjacent to an activating group) is 1. The molecule has 0 rings (SSSR count). The van der Waals surface area contributed by atoms with Crippen LogP contribution in [-0.2, 0) is 4.79 Å². The molecular weight excluding hydrogens is 166 g/mol. The standard InChI is InChI=1S/C10H21NO2/c1-6-11(7-8(2)3)10(4,5)9(12)13/h8H,6-7H2,1-5H3,(H,12,13). The van der Waals surface area contributed by atoms with Gasteiger partial charge in [-0.05, 0) is 26.3 Å². The maximum atomic E-state index is 11.0. The Morgan fingerprint density at radius 1 is 1.46 bits per heavy atom. The zero-order chi connectivity index (χ0) is 10.6. The van der Waals surface area contributed by atoms with Gasteiger partial charge in [-0.25, -0.2) is 0 Å². The molecule has 1 N–H and O–H groups in total. The van der Waals surface area contributed by atoms with Crippen LogP contribution in [0.1, 0.15) is 34.6 Å². The number of rotatable bonds is 5.